The quantitative estimate of drug-likeness (QED) is 0.629. The van der Waals surface area contributed by atoms with E-state index in [2.05, 4.69) is 10.2 Å². The van der Waals surface area contributed by atoms with Crippen LogP contribution in [0.4, 0.5) is 13.2 Å². The number of rotatable bonds is 3. The highest BCUT2D eigenvalue weighted by atomic mass is 35.5. The number of benzene rings is 1. The van der Waals surface area contributed by atoms with E-state index >= 15 is 0 Å². The van der Waals surface area contributed by atoms with Gasteiger partial charge in [-0.3, -0.25) is 11.3 Å². The lowest BCUT2D eigenvalue weighted by molar-refractivity contribution is -0.274. The first-order valence-corrected chi connectivity index (χ1v) is 4.28. The van der Waals surface area contributed by atoms with Crippen molar-refractivity contribution in [1.29, 1.82) is 0 Å². The minimum absolute atomic E-state index is 0.111. The maximum absolute atomic E-state index is 11.9. The number of alkyl halides is 3. The Labute approximate surface area is 88.9 Å². The van der Waals surface area contributed by atoms with E-state index in [1.54, 1.807) is 0 Å². The fourth-order valence-corrected chi connectivity index (χ4v) is 1.22. The van der Waals surface area contributed by atoms with Crippen LogP contribution < -0.4 is 16.0 Å². The van der Waals surface area contributed by atoms with Gasteiger partial charge in [-0.15, -0.1) is 13.2 Å². The predicted molar refractivity (Wildman–Crippen MR) is 49.2 cm³/mol. The number of ether oxygens (including phenoxy) is 1. The van der Waals surface area contributed by atoms with Crippen LogP contribution in [0.2, 0.25) is 5.02 Å². The molecule has 0 spiro atoms. The van der Waals surface area contributed by atoms with Gasteiger partial charge in [0.2, 0.25) is 0 Å². The summed E-state index contributed by atoms with van der Waals surface area (Å²) in [6.07, 6.45) is -4.74. The topological polar surface area (TPSA) is 47.3 Å². The van der Waals surface area contributed by atoms with E-state index in [-0.39, 0.29) is 5.02 Å². The van der Waals surface area contributed by atoms with Crippen LogP contribution in [-0.2, 0) is 6.54 Å². The molecule has 0 aliphatic heterocycles. The van der Waals surface area contributed by atoms with Gasteiger partial charge < -0.3 is 4.74 Å². The van der Waals surface area contributed by atoms with E-state index in [9.17, 15) is 13.2 Å². The molecule has 0 heterocycles. The first-order valence-electron chi connectivity index (χ1n) is 3.90. The first-order chi connectivity index (χ1) is 6.92. The van der Waals surface area contributed by atoms with Gasteiger partial charge in [0, 0.05) is 6.54 Å². The number of nitrogens with two attached hydrogens (primary N) is 1. The highest BCUT2D eigenvalue weighted by Gasteiger charge is 2.31. The molecule has 0 saturated heterocycles. The lowest BCUT2D eigenvalue weighted by Gasteiger charge is -2.11. The summed E-state index contributed by atoms with van der Waals surface area (Å²) in [6.45, 7) is 0.312. The van der Waals surface area contributed by atoms with Gasteiger partial charge in [0.1, 0.15) is 5.75 Å². The van der Waals surface area contributed by atoms with Crippen molar-refractivity contribution in [2.24, 2.45) is 5.84 Å². The number of nitrogens with one attached hydrogen (secondary N) is 1. The summed E-state index contributed by atoms with van der Waals surface area (Å²) in [6, 6.07) is 3.93. The average molecular weight is 241 g/mol. The van der Waals surface area contributed by atoms with Gasteiger partial charge in [-0.25, -0.2) is 0 Å². The molecule has 0 aliphatic carbocycles. The number of hydrogen-bond acceptors (Lipinski definition) is 3. The van der Waals surface area contributed by atoms with Gasteiger partial charge in [-0.1, -0.05) is 17.7 Å². The monoisotopic (exact) mass is 240 g/mol. The Balaban J connectivity index is 2.84. The zero-order chi connectivity index (χ0) is 11.5. The molecule has 0 fully saturated rings. The van der Waals surface area contributed by atoms with E-state index in [0.717, 1.165) is 6.07 Å². The summed E-state index contributed by atoms with van der Waals surface area (Å²) in [7, 11) is 0. The van der Waals surface area contributed by atoms with Crippen molar-refractivity contribution in [2.75, 3.05) is 0 Å². The molecule has 0 aliphatic rings. The second-order valence-corrected chi connectivity index (χ2v) is 3.10. The first kappa shape index (κ1) is 12.1. The van der Waals surface area contributed by atoms with Crippen LogP contribution >= 0.6 is 11.6 Å². The third-order valence-corrected chi connectivity index (χ3v) is 1.82. The van der Waals surface area contributed by atoms with Gasteiger partial charge in [0.25, 0.3) is 0 Å². The lowest BCUT2D eigenvalue weighted by atomic mass is 10.2. The van der Waals surface area contributed by atoms with Gasteiger partial charge in [0.15, 0.2) is 0 Å². The number of halogens is 4. The molecule has 1 aromatic carbocycles. The van der Waals surface area contributed by atoms with Crippen LogP contribution in [-0.4, -0.2) is 6.36 Å². The molecule has 0 amide bonds. The van der Waals surface area contributed by atoms with Crippen LogP contribution in [0.3, 0.4) is 0 Å². The minimum Gasteiger partial charge on any atom is -0.404 e. The maximum atomic E-state index is 11.9. The third-order valence-electron chi connectivity index (χ3n) is 1.53. The molecule has 0 radical (unpaired) electrons. The second kappa shape index (κ2) is 4.69. The molecule has 0 aromatic heterocycles. The van der Waals surface area contributed by atoms with Crippen LogP contribution in [0.1, 0.15) is 5.56 Å². The van der Waals surface area contributed by atoms with E-state index in [4.69, 9.17) is 17.4 Å². The number of hydrazine groups is 1. The van der Waals surface area contributed by atoms with Crippen molar-refractivity contribution in [3.05, 3.63) is 28.8 Å². The van der Waals surface area contributed by atoms with Crippen molar-refractivity contribution in [3.63, 3.8) is 0 Å². The second-order valence-electron chi connectivity index (χ2n) is 2.69. The summed E-state index contributed by atoms with van der Waals surface area (Å²) >= 11 is 5.58. The summed E-state index contributed by atoms with van der Waals surface area (Å²) in [5.41, 5.74) is 3.02. The minimum atomic E-state index is -4.74. The number of hydrogen-bond donors (Lipinski definition) is 2. The standard InChI is InChI=1S/C8H8ClF3N2O/c9-6-3-5(4-14-13)1-2-7(6)15-8(10,11)12/h1-3,14H,4,13H2. The Morgan fingerprint density at radius 3 is 2.53 bits per heavy atom. The summed E-state index contributed by atoms with van der Waals surface area (Å²) < 4.78 is 39.3. The molecular formula is C8H8ClF3N2O. The van der Waals surface area contributed by atoms with Gasteiger partial charge >= 0.3 is 6.36 Å². The molecule has 1 rings (SSSR count). The average Bonchev–Trinajstić information content (AvgIpc) is 2.08. The zero-order valence-electron chi connectivity index (χ0n) is 7.44. The molecule has 0 saturated carbocycles. The van der Waals surface area contributed by atoms with Crippen LogP contribution in [0.25, 0.3) is 0 Å². The third kappa shape index (κ3) is 3.94. The van der Waals surface area contributed by atoms with Crippen molar-refractivity contribution in [2.45, 2.75) is 12.9 Å². The predicted octanol–water partition coefficient (Wildman–Crippen LogP) is 2.20. The van der Waals surface area contributed by atoms with Gasteiger partial charge in [-0.05, 0) is 17.7 Å². The molecule has 7 heteroatoms. The molecule has 0 atom stereocenters. The molecule has 84 valence electrons. The van der Waals surface area contributed by atoms with E-state index in [1.807, 2.05) is 0 Å². The van der Waals surface area contributed by atoms with Crippen molar-refractivity contribution in [3.8, 4) is 5.75 Å². The van der Waals surface area contributed by atoms with Crippen LogP contribution in [0.15, 0.2) is 18.2 Å². The Bertz CT molecular complexity index is 343. The van der Waals surface area contributed by atoms with Crippen molar-refractivity contribution >= 4 is 11.6 Å². The van der Waals surface area contributed by atoms with E-state index < -0.39 is 12.1 Å². The Kier molecular flexibility index (Phi) is 3.78. The molecule has 1 aromatic rings. The fraction of sp³-hybridized carbons (Fsp3) is 0.250. The Morgan fingerprint density at radius 2 is 2.07 bits per heavy atom. The highest BCUT2D eigenvalue weighted by molar-refractivity contribution is 6.32. The van der Waals surface area contributed by atoms with Crippen LogP contribution in [0.5, 0.6) is 5.75 Å². The molecule has 3 nitrogen and oxygen atoms in total. The van der Waals surface area contributed by atoms with E-state index in [0.29, 0.717) is 12.1 Å². The maximum Gasteiger partial charge on any atom is 0.573 e. The SMILES string of the molecule is NNCc1ccc(OC(F)(F)F)c(Cl)c1. The van der Waals surface area contributed by atoms with E-state index in [1.165, 1.54) is 12.1 Å². The summed E-state index contributed by atoms with van der Waals surface area (Å²) in [5.74, 6) is 4.62. The fourth-order valence-electron chi connectivity index (χ4n) is 0.980. The van der Waals surface area contributed by atoms with Crippen molar-refractivity contribution in [1.82, 2.24) is 5.43 Å². The summed E-state index contributed by atoms with van der Waals surface area (Å²) in [4.78, 5) is 0. The van der Waals surface area contributed by atoms with Crippen LogP contribution in [0, 0.1) is 0 Å². The Morgan fingerprint density at radius 1 is 1.40 bits per heavy atom. The lowest BCUT2D eigenvalue weighted by Crippen LogP contribution is -2.21. The van der Waals surface area contributed by atoms with Crippen molar-refractivity contribution < 1.29 is 17.9 Å². The normalized spacial score (nSPS) is 11.5. The van der Waals surface area contributed by atoms with Gasteiger partial charge in [0.05, 0.1) is 5.02 Å². The molecular weight excluding hydrogens is 233 g/mol. The smallest absolute Gasteiger partial charge is 0.404 e. The Hall–Kier alpha value is -0.980. The molecule has 3 N–H and O–H groups in total. The molecule has 0 unspecified atom stereocenters. The zero-order valence-corrected chi connectivity index (χ0v) is 8.19. The highest BCUT2D eigenvalue weighted by Crippen LogP contribution is 2.30. The summed E-state index contributed by atoms with van der Waals surface area (Å²) in [5, 5.41) is -0.111. The molecule has 0 bridgehead atoms. The van der Waals surface area contributed by atoms with Gasteiger partial charge in [-0.2, -0.15) is 0 Å². The molecule has 15 heavy (non-hydrogen) atoms. The largest absolute Gasteiger partial charge is 0.573 e.